The van der Waals surface area contributed by atoms with Crippen LogP contribution in [0.5, 0.6) is 0 Å². The summed E-state index contributed by atoms with van der Waals surface area (Å²) in [6.07, 6.45) is 3.02. The standard InChI is InChI=1S/C13H21N3OS2.ClH/c1-18-11-3-10-19-12(11)13(17)15-4-2-7-16-8-5-14-6-9-16;/h3,10,14H,2,4-9H2,1H3,(H,15,17);1H. The van der Waals surface area contributed by atoms with Crippen LogP contribution in [0, 0.1) is 0 Å². The van der Waals surface area contributed by atoms with Gasteiger partial charge in [-0.1, -0.05) is 0 Å². The number of halogens is 1. The van der Waals surface area contributed by atoms with Crippen LogP contribution in [0.2, 0.25) is 0 Å². The molecule has 1 aromatic rings. The minimum absolute atomic E-state index is 0. The van der Waals surface area contributed by atoms with Crippen LogP contribution in [0.15, 0.2) is 16.3 Å². The summed E-state index contributed by atoms with van der Waals surface area (Å²) >= 11 is 3.14. The highest BCUT2D eigenvalue weighted by atomic mass is 35.5. The van der Waals surface area contributed by atoms with Crippen LogP contribution < -0.4 is 10.6 Å². The third-order valence-corrected chi connectivity index (χ3v) is 5.02. The Kier molecular flexibility index (Phi) is 8.56. The summed E-state index contributed by atoms with van der Waals surface area (Å²) in [6.45, 7) is 6.23. The molecule has 1 aliphatic heterocycles. The third kappa shape index (κ3) is 5.26. The molecule has 1 saturated heterocycles. The number of nitrogens with zero attached hydrogens (tertiary/aromatic N) is 1. The van der Waals surface area contributed by atoms with E-state index in [1.165, 1.54) is 11.3 Å². The van der Waals surface area contributed by atoms with Crippen molar-refractivity contribution >= 4 is 41.4 Å². The molecule has 0 radical (unpaired) electrons. The molecule has 20 heavy (non-hydrogen) atoms. The van der Waals surface area contributed by atoms with Crippen molar-refractivity contribution in [2.45, 2.75) is 11.3 Å². The normalized spacial score (nSPS) is 15.7. The van der Waals surface area contributed by atoms with Crippen LogP contribution in [0.1, 0.15) is 16.1 Å². The molecule has 0 aliphatic carbocycles. The summed E-state index contributed by atoms with van der Waals surface area (Å²) in [5, 5.41) is 8.33. The van der Waals surface area contributed by atoms with Gasteiger partial charge in [0.15, 0.2) is 0 Å². The average Bonchev–Trinajstić information content (AvgIpc) is 2.93. The number of thiophene rings is 1. The second-order valence-corrected chi connectivity index (χ2v) is 6.28. The van der Waals surface area contributed by atoms with Crippen LogP contribution in [0.3, 0.4) is 0 Å². The van der Waals surface area contributed by atoms with Crippen LogP contribution >= 0.6 is 35.5 Å². The van der Waals surface area contributed by atoms with Gasteiger partial charge in [-0.05, 0) is 30.7 Å². The molecule has 114 valence electrons. The van der Waals surface area contributed by atoms with Crippen LogP contribution in [0.4, 0.5) is 0 Å². The van der Waals surface area contributed by atoms with Gasteiger partial charge in [-0.2, -0.15) is 0 Å². The van der Waals surface area contributed by atoms with Crippen molar-refractivity contribution in [1.82, 2.24) is 15.5 Å². The monoisotopic (exact) mass is 335 g/mol. The Hall–Kier alpha value is -0.270. The molecule has 0 aromatic carbocycles. The molecule has 4 nitrogen and oxygen atoms in total. The number of carbonyl (C=O) groups excluding carboxylic acids is 1. The van der Waals surface area contributed by atoms with E-state index in [2.05, 4.69) is 15.5 Å². The SMILES string of the molecule is CSc1ccsc1C(=O)NCCCN1CCNCC1.Cl. The summed E-state index contributed by atoms with van der Waals surface area (Å²) in [7, 11) is 0. The molecule has 0 bridgehead atoms. The molecule has 0 saturated carbocycles. The molecule has 0 spiro atoms. The van der Waals surface area contributed by atoms with Gasteiger partial charge in [-0.25, -0.2) is 0 Å². The van der Waals surface area contributed by atoms with Crippen LogP contribution in [-0.4, -0.2) is 56.3 Å². The summed E-state index contributed by atoms with van der Waals surface area (Å²) in [5.74, 6) is 0.0691. The maximum absolute atomic E-state index is 12.0. The van der Waals surface area contributed by atoms with Crippen LogP contribution in [0.25, 0.3) is 0 Å². The maximum atomic E-state index is 12.0. The van der Waals surface area contributed by atoms with Gasteiger partial charge in [-0.15, -0.1) is 35.5 Å². The van der Waals surface area contributed by atoms with Gasteiger partial charge in [-0.3, -0.25) is 4.79 Å². The maximum Gasteiger partial charge on any atom is 0.262 e. The smallest absolute Gasteiger partial charge is 0.262 e. The first-order chi connectivity index (χ1) is 9.31. The van der Waals surface area contributed by atoms with E-state index in [-0.39, 0.29) is 18.3 Å². The van der Waals surface area contributed by atoms with E-state index < -0.39 is 0 Å². The Balaban J connectivity index is 0.00000200. The first kappa shape index (κ1) is 17.8. The van der Waals surface area contributed by atoms with Crippen molar-refractivity contribution in [3.8, 4) is 0 Å². The third-order valence-electron chi connectivity index (χ3n) is 3.20. The van der Waals surface area contributed by atoms with Crippen molar-refractivity contribution < 1.29 is 4.79 Å². The lowest BCUT2D eigenvalue weighted by molar-refractivity contribution is 0.0952. The van der Waals surface area contributed by atoms with E-state index in [9.17, 15) is 4.79 Å². The van der Waals surface area contributed by atoms with Crippen molar-refractivity contribution in [3.05, 3.63) is 16.3 Å². The number of nitrogens with one attached hydrogen (secondary N) is 2. The molecule has 2 N–H and O–H groups in total. The minimum Gasteiger partial charge on any atom is -0.351 e. The minimum atomic E-state index is 0. The molecule has 2 rings (SSSR count). The molecule has 1 fully saturated rings. The van der Waals surface area contributed by atoms with Crippen molar-refractivity contribution in [2.75, 3.05) is 45.5 Å². The molecule has 1 aromatic heterocycles. The van der Waals surface area contributed by atoms with E-state index in [1.54, 1.807) is 11.8 Å². The topological polar surface area (TPSA) is 44.4 Å². The van der Waals surface area contributed by atoms with Crippen molar-refractivity contribution in [3.63, 3.8) is 0 Å². The zero-order valence-corrected chi connectivity index (χ0v) is 14.1. The number of piperazine rings is 1. The Morgan fingerprint density at radius 2 is 2.25 bits per heavy atom. The summed E-state index contributed by atoms with van der Waals surface area (Å²) < 4.78 is 0. The number of amides is 1. The fourth-order valence-corrected chi connectivity index (χ4v) is 3.81. The molecule has 1 aliphatic rings. The Labute approximate surface area is 135 Å². The molecule has 1 amide bonds. The van der Waals surface area contributed by atoms with Gasteiger partial charge < -0.3 is 15.5 Å². The first-order valence-corrected chi connectivity index (χ1v) is 8.74. The van der Waals surface area contributed by atoms with E-state index >= 15 is 0 Å². The Morgan fingerprint density at radius 1 is 1.50 bits per heavy atom. The largest absolute Gasteiger partial charge is 0.351 e. The zero-order chi connectivity index (χ0) is 13.5. The van der Waals surface area contributed by atoms with Gasteiger partial charge >= 0.3 is 0 Å². The van der Waals surface area contributed by atoms with E-state index in [0.717, 1.165) is 55.5 Å². The highest BCUT2D eigenvalue weighted by Gasteiger charge is 2.12. The lowest BCUT2D eigenvalue weighted by Gasteiger charge is -2.27. The molecular formula is C13H22ClN3OS2. The predicted octanol–water partition coefficient (Wildman–Crippen LogP) is 1.92. The van der Waals surface area contributed by atoms with Crippen molar-refractivity contribution in [1.29, 1.82) is 0 Å². The van der Waals surface area contributed by atoms with Gasteiger partial charge in [0.25, 0.3) is 5.91 Å². The fraction of sp³-hybridized carbons (Fsp3) is 0.615. The molecule has 2 heterocycles. The lowest BCUT2D eigenvalue weighted by Crippen LogP contribution is -2.44. The molecule has 0 atom stereocenters. The van der Waals surface area contributed by atoms with Crippen LogP contribution in [-0.2, 0) is 0 Å². The summed E-state index contributed by atoms with van der Waals surface area (Å²) in [6, 6.07) is 2.00. The highest BCUT2D eigenvalue weighted by molar-refractivity contribution is 7.98. The number of thioether (sulfide) groups is 1. The zero-order valence-electron chi connectivity index (χ0n) is 11.7. The average molecular weight is 336 g/mol. The van der Waals surface area contributed by atoms with Gasteiger partial charge in [0.2, 0.25) is 0 Å². The quantitative estimate of drug-likeness (QED) is 0.616. The number of rotatable bonds is 6. The first-order valence-electron chi connectivity index (χ1n) is 6.64. The van der Waals surface area contributed by atoms with Gasteiger partial charge in [0.05, 0.1) is 0 Å². The van der Waals surface area contributed by atoms with Crippen molar-refractivity contribution in [2.24, 2.45) is 0 Å². The Bertz CT molecular complexity index is 408. The fourth-order valence-electron chi connectivity index (χ4n) is 2.14. The Morgan fingerprint density at radius 3 is 2.95 bits per heavy atom. The van der Waals surface area contributed by atoms with Gasteiger partial charge in [0, 0.05) is 37.6 Å². The van der Waals surface area contributed by atoms with Gasteiger partial charge in [0.1, 0.15) is 4.88 Å². The van der Waals surface area contributed by atoms with E-state index in [4.69, 9.17) is 0 Å². The molecule has 7 heteroatoms. The number of hydrogen-bond donors (Lipinski definition) is 2. The lowest BCUT2D eigenvalue weighted by atomic mass is 10.3. The van der Waals surface area contributed by atoms with E-state index in [1.807, 2.05) is 17.7 Å². The second kappa shape index (κ2) is 9.63. The summed E-state index contributed by atoms with van der Waals surface area (Å²) in [5.41, 5.74) is 0. The second-order valence-electron chi connectivity index (χ2n) is 4.52. The number of carbonyl (C=O) groups is 1. The molecular weight excluding hydrogens is 314 g/mol. The van der Waals surface area contributed by atoms with E-state index in [0.29, 0.717) is 0 Å². The number of hydrogen-bond acceptors (Lipinski definition) is 5. The predicted molar refractivity (Wildman–Crippen MR) is 89.6 cm³/mol. The highest BCUT2D eigenvalue weighted by Crippen LogP contribution is 2.25. The molecule has 0 unspecified atom stereocenters. The summed E-state index contributed by atoms with van der Waals surface area (Å²) in [4.78, 5) is 16.4.